The third-order valence-electron chi connectivity index (χ3n) is 4.31. The molecule has 1 aliphatic heterocycles. The molecule has 26 heavy (non-hydrogen) atoms. The van der Waals surface area contributed by atoms with E-state index in [-0.39, 0.29) is 5.92 Å². The number of rotatable bonds is 5. The van der Waals surface area contributed by atoms with Crippen molar-refractivity contribution in [3.05, 3.63) is 40.7 Å². The second-order valence-corrected chi connectivity index (χ2v) is 6.53. The fraction of sp³-hybridized carbons (Fsp3) is 0.529. The molecule has 9 heteroatoms. The highest BCUT2D eigenvalue weighted by Crippen LogP contribution is 2.19. The molecule has 0 saturated carbocycles. The van der Waals surface area contributed by atoms with Crippen LogP contribution >= 0.6 is 0 Å². The summed E-state index contributed by atoms with van der Waals surface area (Å²) < 4.78 is 25.6. The SMILES string of the molecule is CC(C)c1nccc(N2CCN(c3cnn(CC(F)F)c(=O)c3)CC2)n1. The van der Waals surface area contributed by atoms with Crippen LogP contribution in [0.15, 0.2) is 29.3 Å². The van der Waals surface area contributed by atoms with Crippen molar-refractivity contribution in [2.24, 2.45) is 0 Å². The molecule has 2 aromatic rings. The smallest absolute Gasteiger partial charge is 0.269 e. The van der Waals surface area contributed by atoms with Crippen LogP contribution in [-0.2, 0) is 6.54 Å². The van der Waals surface area contributed by atoms with Crippen LogP contribution in [0.25, 0.3) is 0 Å². The number of aromatic nitrogens is 4. The Balaban J connectivity index is 1.66. The average Bonchev–Trinajstić information content (AvgIpc) is 2.63. The topological polar surface area (TPSA) is 67.2 Å². The second-order valence-electron chi connectivity index (χ2n) is 6.53. The number of halogens is 2. The van der Waals surface area contributed by atoms with Gasteiger partial charge in [0, 0.05) is 44.4 Å². The molecule has 1 fully saturated rings. The quantitative estimate of drug-likeness (QED) is 0.805. The van der Waals surface area contributed by atoms with Gasteiger partial charge >= 0.3 is 0 Å². The summed E-state index contributed by atoms with van der Waals surface area (Å²) in [5.74, 6) is 1.98. The molecule has 7 nitrogen and oxygen atoms in total. The van der Waals surface area contributed by atoms with Crippen LogP contribution in [0, 0.1) is 0 Å². The van der Waals surface area contributed by atoms with Gasteiger partial charge in [-0.15, -0.1) is 0 Å². The number of hydrogen-bond donors (Lipinski definition) is 0. The molecule has 3 rings (SSSR count). The minimum atomic E-state index is -2.60. The van der Waals surface area contributed by atoms with Gasteiger partial charge in [-0.1, -0.05) is 13.8 Å². The highest BCUT2D eigenvalue weighted by molar-refractivity contribution is 5.47. The summed E-state index contributed by atoms with van der Waals surface area (Å²) in [7, 11) is 0. The van der Waals surface area contributed by atoms with Crippen molar-refractivity contribution in [3.8, 4) is 0 Å². The molecular formula is C17H22F2N6O. The summed E-state index contributed by atoms with van der Waals surface area (Å²) in [6.45, 7) is 6.31. The third kappa shape index (κ3) is 4.14. The van der Waals surface area contributed by atoms with Crippen molar-refractivity contribution < 1.29 is 8.78 Å². The highest BCUT2D eigenvalue weighted by atomic mass is 19.3. The molecule has 0 unspecified atom stereocenters. The summed E-state index contributed by atoms with van der Waals surface area (Å²) in [6, 6.07) is 3.27. The summed E-state index contributed by atoms with van der Waals surface area (Å²) >= 11 is 0. The van der Waals surface area contributed by atoms with E-state index in [4.69, 9.17) is 0 Å². The molecule has 140 valence electrons. The zero-order valence-corrected chi connectivity index (χ0v) is 14.8. The lowest BCUT2D eigenvalue weighted by Crippen LogP contribution is -2.47. The fourth-order valence-corrected chi connectivity index (χ4v) is 2.88. The van der Waals surface area contributed by atoms with E-state index in [0.717, 1.165) is 29.4 Å². The molecular weight excluding hydrogens is 342 g/mol. The van der Waals surface area contributed by atoms with Gasteiger partial charge in [-0.25, -0.2) is 23.4 Å². The summed E-state index contributed by atoms with van der Waals surface area (Å²) in [4.78, 5) is 25.0. The summed E-state index contributed by atoms with van der Waals surface area (Å²) in [5.41, 5.74) is 0.147. The predicted octanol–water partition coefficient (Wildman–Crippen LogP) is 1.75. The lowest BCUT2D eigenvalue weighted by Gasteiger charge is -2.36. The number of alkyl halides is 2. The Morgan fingerprint density at radius 2 is 1.85 bits per heavy atom. The van der Waals surface area contributed by atoms with E-state index in [1.54, 1.807) is 6.20 Å². The fourth-order valence-electron chi connectivity index (χ4n) is 2.88. The molecule has 0 aromatic carbocycles. The van der Waals surface area contributed by atoms with Crippen LogP contribution in [0.2, 0.25) is 0 Å². The van der Waals surface area contributed by atoms with Gasteiger partial charge in [0.1, 0.15) is 18.2 Å². The maximum Gasteiger partial charge on any atom is 0.269 e. The zero-order chi connectivity index (χ0) is 18.7. The van der Waals surface area contributed by atoms with E-state index in [9.17, 15) is 13.6 Å². The van der Waals surface area contributed by atoms with Crippen LogP contribution in [0.3, 0.4) is 0 Å². The molecule has 0 N–H and O–H groups in total. The minimum Gasteiger partial charge on any atom is -0.367 e. The normalized spacial score (nSPS) is 15.2. The first-order valence-electron chi connectivity index (χ1n) is 8.62. The van der Waals surface area contributed by atoms with Crippen molar-refractivity contribution >= 4 is 11.5 Å². The Labute approximate surface area is 150 Å². The summed E-state index contributed by atoms with van der Waals surface area (Å²) in [6.07, 6.45) is 0.649. The van der Waals surface area contributed by atoms with E-state index < -0.39 is 18.5 Å². The van der Waals surface area contributed by atoms with Gasteiger partial charge in [0.25, 0.3) is 12.0 Å². The lowest BCUT2D eigenvalue weighted by atomic mass is 10.2. The highest BCUT2D eigenvalue weighted by Gasteiger charge is 2.20. The van der Waals surface area contributed by atoms with Crippen LogP contribution in [0.5, 0.6) is 0 Å². The first-order valence-corrected chi connectivity index (χ1v) is 8.62. The molecule has 2 aromatic heterocycles. The van der Waals surface area contributed by atoms with E-state index in [1.165, 1.54) is 12.3 Å². The van der Waals surface area contributed by atoms with Crippen LogP contribution in [0.1, 0.15) is 25.6 Å². The van der Waals surface area contributed by atoms with E-state index in [2.05, 4.69) is 33.8 Å². The standard InChI is InChI=1S/C17H22F2N6O/c1-12(2)17-20-4-3-15(22-17)24-7-5-23(6-8-24)13-9-16(26)25(21-10-13)11-14(18)19/h3-4,9-10,12,14H,5-8,11H2,1-2H3. The van der Waals surface area contributed by atoms with Crippen molar-refractivity contribution in [1.82, 2.24) is 19.7 Å². The maximum absolute atomic E-state index is 12.4. The Kier molecular flexibility index (Phi) is 5.43. The van der Waals surface area contributed by atoms with Crippen molar-refractivity contribution in [2.45, 2.75) is 32.7 Å². The van der Waals surface area contributed by atoms with Gasteiger partial charge in [-0.05, 0) is 6.07 Å². The van der Waals surface area contributed by atoms with Gasteiger partial charge in [-0.3, -0.25) is 4.79 Å². The Morgan fingerprint density at radius 3 is 2.46 bits per heavy atom. The first-order chi connectivity index (χ1) is 12.4. The van der Waals surface area contributed by atoms with Crippen molar-refractivity contribution in [3.63, 3.8) is 0 Å². The molecule has 0 aliphatic carbocycles. The van der Waals surface area contributed by atoms with Gasteiger partial charge in [0.15, 0.2) is 0 Å². The van der Waals surface area contributed by atoms with Crippen LogP contribution < -0.4 is 15.4 Å². The second kappa shape index (κ2) is 7.76. The van der Waals surface area contributed by atoms with Gasteiger partial charge in [0.05, 0.1) is 11.9 Å². The Bertz CT molecular complexity index is 802. The maximum atomic E-state index is 12.4. The van der Waals surface area contributed by atoms with E-state index in [1.807, 2.05) is 11.0 Å². The number of piperazine rings is 1. The van der Waals surface area contributed by atoms with E-state index in [0.29, 0.717) is 18.8 Å². The number of hydrogen-bond acceptors (Lipinski definition) is 6. The van der Waals surface area contributed by atoms with E-state index >= 15 is 0 Å². The summed E-state index contributed by atoms with van der Waals surface area (Å²) in [5, 5.41) is 3.85. The van der Waals surface area contributed by atoms with Crippen LogP contribution in [-0.4, -0.2) is 52.4 Å². The molecule has 1 aliphatic rings. The molecule has 0 atom stereocenters. The molecule has 0 amide bonds. The lowest BCUT2D eigenvalue weighted by molar-refractivity contribution is 0.119. The first kappa shape index (κ1) is 18.2. The van der Waals surface area contributed by atoms with Crippen molar-refractivity contribution in [2.75, 3.05) is 36.0 Å². The van der Waals surface area contributed by atoms with Gasteiger partial charge in [-0.2, -0.15) is 5.10 Å². The molecule has 0 bridgehead atoms. The Morgan fingerprint density at radius 1 is 1.15 bits per heavy atom. The molecule has 0 radical (unpaired) electrons. The molecule has 1 saturated heterocycles. The minimum absolute atomic E-state index is 0.266. The predicted molar refractivity (Wildman–Crippen MR) is 95.0 cm³/mol. The van der Waals surface area contributed by atoms with Gasteiger partial charge in [0.2, 0.25) is 0 Å². The number of anilines is 2. The van der Waals surface area contributed by atoms with Crippen molar-refractivity contribution in [1.29, 1.82) is 0 Å². The van der Waals surface area contributed by atoms with Gasteiger partial charge < -0.3 is 9.80 Å². The monoisotopic (exact) mass is 364 g/mol. The number of nitrogens with zero attached hydrogens (tertiary/aromatic N) is 6. The molecule has 0 spiro atoms. The zero-order valence-electron chi connectivity index (χ0n) is 14.8. The Hall–Kier alpha value is -2.58. The third-order valence-corrected chi connectivity index (χ3v) is 4.31. The van der Waals surface area contributed by atoms with Crippen LogP contribution in [0.4, 0.5) is 20.3 Å². The molecule has 3 heterocycles. The largest absolute Gasteiger partial charge is 0.367 e. The average molecular weight is 364 g/mol.